The molecule has 1 fully saturated rings. The third-order valence-corrected chi connectivity index (χ3v) is 10.4. The summed E-state index contributed by atoms with van der Waals surface area (Å²) in [5.74, 6) is -1.87. The largest absolute Gasteiger partial charge is 0.369 e. The van der Waals surface area contributed by atoms with Crippen molar-refractivity contribution in [3.63, 3.8) is 0 Å². The van der Waals surface area contributed by atoms with Gasteiger partial charge in [-0.2, -0.15) is 0 Å². The molecule has 0 saturated carbocycles. The number of likely N-dealkylation sites (tertiary alicyclic amines) is 1. The van der Waals surface area contributed by atoms with Crippen LogP contribution in [-0.4, -0.2) is 64.2 Å². The summed E-state index contributed by atoms with van der Waals surface area (Å²) < 4.78 is 56.3. The minimum atomic E-state index is -4.10. The molecule has 1 saturated heterocycles. The second kappa shape index (κ2) is 9.76. The van der Waals surface area contributed by atoms with Gasteiger partial charge in [0.2, 0.25) is 16.0 Å². The first-order valence-electron chi connectivity index (χ1n) is 12.4. The summed E-state index contributed by atoms with van der Waals surface area (Å²) in [5, 5.41) is 0. The molecule has 2 aliphatic heterocycles. The normalized spacial score (nSPS) is 24.6. The Morgan fingerprint density at radius 1 is 1.13 bits per heavy atom. The summed E-state index contributed by atoms with van der Waals surface area (Å²) in [6, 6.07) is 12.1. The number of nitrogens with two attached hydrogens (primary N) is 1. The van der Waals surface area contributed by atoms with Gasteiger partial charge in [0, 0.05) is 44.9 Å². The molecule has 0 amide bonds. The number of rotatable bonds is 6. The lowest BCUT2D eigenvalue weighted by molar-refractivity contribution is 0.0988. The number of hydrogen-bond acceptors (Lipinski definition) is 8. The van der Waals surface area contributed by atoms with E-state index >= 15 is 4.39 Å². The lowest BCUT2D eigenvalue weighted by Gasteiger charge is -2.48. The second-order valence-corrected chi connectivity index (χ2v) is 12.3. The molecule has 0 radical (unpaired) electrons. The Morgan fingerprint density at radius 2 is 1.92 bits per heavy atom. The number of pyridine rings is 2. The van der Waals surface area contributed by atoms with Gasteiger partial charge < -0.3 is 5.73 Å². The van der Waals surface area contributed by atoms with Crippen molar-refractivity contribution in [3.05, 3.63) is 95.1 Å². The zero-order valence-corrected chi connectivity index (χ0v) is 22.3. The first kappa shape index (κ1) is 26.8. The zero-order chi connectivity index (χ0) is 28.0. The Morgan fingerprint density at radius 3 is 2.62 bits per heavy atom. The molecule has 39 heavy (non-hydrogen) atoms. The highest BCUT2D eigenvalue weighted by Gasteiger charge is 2.66. The maximum atomic E-state index is 15.6. The molecule has 0 aliphatic carbocycles. The SMILES string of the molecule is CN1C(N)=N[C@](C)(c2cc(CC(=O)c3ccc(F)cn3)ccc2F)[C@]2(CCN(Cc3ccccn3)C2)S1(=O)=O. The summed E-state index contributed by atoms with van der Waals surface area (Å²) in [6.45, 7) is 2.50. The summed E-state index contributed by atoms with van der Waals surface area (Å²) in [6.07, 6.45) is 2.66. The topological polar surface area (TPSA) is 122 Å². The van der Waals surface area contributed by atoms with Crippen molar-refractivity contribution in [2.75, 3.05) is 20.1 Å². The molecule has 2 atom stereocenters. The van der Waals surface area contributed by atoms with Gasteiger partial charge >= 0.3 is 0 Å². The van der Waals surface area contributed by atoms with E-state index in [1.165, 1.54) is 31.3 Å². The van der Waals surface area contributed by atoms with Crippen LogP contribution in [0.1, 0.15) is 40.7 Å². The zero-order valence-electron chi connectivity index (χ0n) is 21.5. The lowest BCUT2D eigenvalue weighted by atomic mass is 9.77. The van der Waals surface area contributed by atoms with Crippen molar-refractivity contribution in [3.8, 4) is 0 Å². The number of hydrogen-bond donors (Lipinski definition) is 1. The maximum Gasteiger partial charge on any atom is 0.247 e. The molecule has 5 rings (SSSR count). The Labute approximate surface area is 225 Å². The molecule has 0 unspecified atom stereocenters. The number of halogens is 2. The number of guanidine groups is 1. The van der Waals surface area contributed by atoms with E-state index in [-0.39, 0.29) is 36.6 Å². The van der Waals surface area contributed by atoms with Crippen molar-refractivity contribution in [2.24, 2.45) is 10.7 Å². The molecular weight excluding hydrogens is 526 g/mol. The van der Waals surface area contributed by atoms with Gasteiger partial charge in [0.1, 0.15) is 27.6 Å². The van der Waals surface area contributed by atoms with E-state index in [4.69, 9.17) is 5.73 Å². The van der Waals surface area contributed by atoms with Gasteiger partial charge in [0.15, 0.2) is 5.78 Å². The lowest BCUT2D eigenvalue weighted by Crippen LogP contribution is -2.66. The fraction of sp³-hybridized carbons (Fsp3) is 0.333. The van der Waals surface area contributed by atoms with Crippen LogP contribution in [0.15, 0.2) is 65.9 Å². The number of aromatic nitrogens is 2. The minimum Gasteiger partial charge on any atom is -0.369 e. The third-order valence-electron chi connectivity index (χ3n) is 7.76. The number of Topliss-reactive ketones (excluding diaryl/α,β-unsaturated/α-hetero) is 1. The summed E-state index contributed by atoms with van der Waals surface area (Å²) in [4.78, 5) is 27.5. The van der Waals surface area contributed by atoms with Crippen LogP contribution < -0.4 is 5.73 Å². The Kier molecular flexibility index (Phi) is 6.71. The van der Waals surface area contributed by atoms with Gasteiger partial charge in [-0.1, -0.05) is 12.1 Å². The van der Waals surface area contributed by atoms with Gasteiger partial charge in [-0.15, -0.1) is 0 Å². The van der Waals surface area contributed by atoms with Gasteiger partial charge in [-0.05, 0) is 55.3 Å². The van der Waals surface area contributed by atoms with Crippen molar-refractivity contribution in [1.82, 2.24) is 19.2 Å². The number of ketones is 1. The average molecular weight is 555 g/mol. The predicted octanol–water partition coefficient (Wildman–Crippen LogP) is 2.63. The van der Waals surface area contributed by atoms with Crippen molar-refractivity contribution in [1.29, 1.82) is 0 Å². The molecule has 2 N–H and O–H groups in total. The van der Waals surface area contributed by atoms with Gasteiger partial charge in [0.25, 0.3) is 0 Å². The van der Waals surface area contributed by atoms with Crippen molar-refractivity contribution < 1.29 is 22.0 Å². The molecule has 9 nitrogen and oxygen atoms in total. The van der Waals surface area contributed by atoms with Crippen LogP contribution in [0.5, 0.6) is 0 Å². The van der Waals surface area contributed by atoms with Crippen molar-refractivity contribution >= 4 is 21.8 Å². The minimum absolute atomic E-state index is 0.0270. The maximum absolute atomic E-state index is 15.6. The summed E-state index contributed by atoms with van der Waals surface area (Å²) in [5.41, 5.74) is 5.80. The highest BCUT2D eigenvalue weighted by atomic mass is 32.2. The van der Waals surface area contributed by atoms with Crippen LogP contribution in [0.3, 0.4) is 0 Å². The van der Waals surface area contributed by atoms with Crippen LogP contribution >= 0.6 is 0 Å². The molecule has 3 aromatic rings. The van der Waals surface area contributed by atoms with E-state index in [2.05, 4.69) is 15.0 Å². The van der Waals surface area contributed by atoms with E-state index in [1.54, 1.807) is 19.2 Å². The molecule has 1 aromatic carbocycles. The van der Waals surface area contributed by atoms with E-state index in [0.717, 1.165) is 22.3 Å². The van der Waals surface area contributed by atoms with Crippen LogP contribution in [-0.2, 0) is 28.5 Å². The van der Waals surface area contributed by atoms with Crippen molar-refractivity contribution in [2.45, 2.75) is 36.6 Å². The number of carbonyl (C=O) groups excluding carboxylic acids is 1. The summed E-state index contributed by atoms with van der Waals surface area (Å²) >= 11 is 0. The number of aliphatic imine (C=N–C) groups is 1. The van der Waals surface area contributed by atoms with E-state index in [1.807, 2.05) is 17.0 Å². The average Bonchev–Trinajstić information content (AvgIpc) is 3.35. The first-order valence-corrected chi connectivity index (χ1v) is 13.8. The number of sulfonamides is 1. The second-order valence-electron chi connectivity index (χ2n) is 10.1. The van der Waals surface area contributed by atoms with Crippen LogP contribution in [0.2, 0.25) is 0 Å². The molecule has 4 heterocycles. The Bertz CT molecular complexity index is 1550. The van der Waals surface area contributed by atoms with E-state index in [9.17, 15) is 17.6 Å². The van der Waals surface area contributed by atoms with Gasteiger partial charge in [-0.25, -0.2) is 26.5 Å². The highest BCUT2D eigenvalue weighted by Crippen LogP contribution is 2.51. The molecule has 2 aromatic heterocycles. The predicted molar refractivity (Wildman–Crippen MR) is 141 cm³/mol. The summed E-state index contributed by atoms with van der Waals surface area (Å²) in [7, 11) is -2.75. The monoisotopic (exact) mass is 554 g/mol. The quantitative estimate of drug-likeness (QED) is 0.465. The number of carbonyl (C=O) groups is 1. The fourth-order valence-electron chi connectivity index (χ4n) is 5.54. The standard InChI is InChI=1S/C27H28F2N6O3S/c1-26(21-13-18(6-8-22(21)29)14-24(36)23-9-7-19(28)15-32-23)27(39(37,38)34(2)25(30)33-26)10-12-35(17-27)16-20-5-3-4-11-31-20/h3-9,11,13,15H,10,12,14,16-17H2,1-2H3,(H2,30,33)/t26-,27-/m1/s1. The molecular formula is C27H28F2N6O3S. The Balaban J connectivity index is 1.55. The smallest absolute Gasteiger partial charge is 0.247 e. The molecule has 1 spiro atoms. The Hall–Kier alpha value is -3.77. The van der Waals surface area contributed by atoms with Crippen LogP contribution in [0.25, 0.3) is 0 Å². The van der Waals surface area contributed by atoms with Gasteiger partial charge in [0.05, 0.1) is 11.9 Å². The fourth-order valence-corrected chi connectivity index (χ4v) is 7.70. The highest BCUT2D eigenvalue weighted by molar-refractivity contribution is 7.91. The first-order chi connectivity index (χ1) is 18.5. The third kappa shape index (κ3) is 4.47. The molecule has 12 heteroatoms. The van der Waals surface area contributed by atoms with E-state index in [0.29, 0.717) is 18.7 Å². The number of nitrogens with zero attached hydrogens (tertiary/aromatic N) is 5. The number of benzene rings is 1. The van der Waals surface area contributed by atoms with Gasteiger partial charge in [-0.3, -0.25) is 19.7 Å². The molecule has 2 aliphatic rings. The van der Waals surface area contributed by atoms with Crippen LogP contribution in [0.4, 0.5) is 8.78 Å². The van der Waals surface area contributed by atoms with E-state index < -0.39 is 37.7 Å². The molecule has 0 bridgehead atoms. The van der Waals surface area contributed by atoms with Crippen LogP contribution in [0, 0.1) is 11.6 Å². The molecule has 204 valence electrons.